The number of rotatable bonds is 7. The average molecular weight is 538 g/mol. The number of carbonyl (C=O) groups excluding carboxylic acids is 1. The molecule has 1 fully saturated rings. The summed E-state index contributed by atoms with van der Waals surface area (Å²) in [5.74, 6) is -2.90. The standard InChI is InChI=1S/C29H26ClF2N3O3/c30-20-10-8-19(9-11-20)28-34-24-15-22(31)23(32)16-25(24)35(28)27(18-4-2-1-3-5-18)29(38)33-21-12-6-17(7-13-21)14-26(36)37/h6-13,15-16,18,27H,1-5,14H2,(H,33,38)(H,36,37). The molecule has 1 aliphatic rings. The van der Waals surface area contributed by atoms with E-state index in [0.717, 1.165) is 44.2 Å². The largest absolute Gasteiger partial charge is 0.481 e. The summed E-state index contributed by atoms with van der Waals surface area (Å²) < 4.78 is 30.4. The Kier molecular flexibility index (Phi) is 7.42. The number of anilines is 1. The number of hydrogen-bond donors (Lipinski definition) is 2. The van der Waals surface area contributed by atoms with Gasteiger partial charge in [-0.25, -0.2) is 13.8 Å². The molecule has 2 N–H and O–H groups in total. The van der Waals surface area contributed by atoms with Crippen molar-refractivity contribution in [1.29, 1.82) is 0 Å². The number of aliphatic carboxylic acids is 1. The summed E-state index contributed by atoms with van der Waals surface area (Å²) in [6, 6.07) is 15.0. The molecule has 1 aliphatic carbocycles. The van der Waals surface area contributed by atoms with Crippen LogP contribution in [0.25, 0.3) is 22.4 Å². The zero-order chi connectivity index (χ0) is 26.8. The quantitative estimate of drug-likeness (QED) is 0.265. The molecule has 4 aromatic rings. The molecule has 1 heterocycles. The van der Waals surface area contributed by atoms with Crippen molar-refractivity contribution >= 4 is 40.2 Å². The van der Waals surface area contributed by atoms with Crippen molar-refractivity contribution in [2.45, 2.75) is 44.6 Å². The van der Waals surface area contributed by atoms with Gasteiger partial charge in [0, 0.05) is 28.4 Å². The van der Waals surface area contributed by atoms with E-state index >= 15 is 0 Å². The first-order valence-electron chi connectivity index (χ1n) is 12.5. The average Bonchev–Trinajstić information content (AvgIpc) is 3.24. The van der Waals surface area contributed by atoms with Crippen LogP contribution in [0.5, 0.6) is 0 Å². The highest BCUT2D eigenvalue weighted by Crippen LogP contribution is 2.39. The Morgan fingerprint density at radius 1 is 1.00 bits per heavy atom. The van der Waals surface area contributed by atoms with Crippen LogP contribution < -0.4 is 5.32 Å². The van der Waals surface area contributed by atoms with Gasteiger partial charge in [-0.05, 0) is 60.7 Å². The van der Waals surface area contributed by atoms with Gasteiger partial charge < -0.3 is 15.0 Å². The van der Waals surface area contributed by atoms with Crippen LogP contribution in [-0.2, 0) is 16.0 Å². The number of amides is 1. The van der Waals surface area contributed by atoms with Crippen molar-refractivity contribution in [3.63, 3.8) is 0 Å². The van der Waals surface area contributed by atoms with Crippen LogP contribution in [0.1, 0.15) is 43.7 Å². The number of carboxylic acid groups (broad SMARTS) is 1. The summed E-state index contributed by atoms with van der Waals surface area (Å²) in [4.78, 5) is 29.6. The highest BCUT2D eigenvalue weighted by atomic mass is 35.5. The van der Waals surface area contributed by atoms with Crippen LogP contribution in [0.2, 0.25) is 5.02 Å². The van der Waals surface area contributed by atoms with E-state index in [1.54, 1.807) is 53.1 Å². The number of benzene rings is 3. The predicted molar refractivity (Wildman–Crippen MR) is 142 cm³/mol. The Hall–Kier alpha value is -3.78. The second-order valence-electron chi connectivity index (χ2n) is 9.67. The van der Waals surface area contributed by atoms with Crippen LogP contribution >= 0.6 is 11.6 Å². The second kappa shape index (κ2) is 10.9. The highest BCUT2D eigenvalue weighted by molar-refractivity contribution is 6.30. The van der Waals surface area contributed by atoms with E-state index in [1.165, 1.54) is 0 Å². The number of carbonyl (C=O) groups is 2. The van der Waals surface area contributed by atoms with Crippen molar-refractivity contribution in [1.82, 2.24) is 9.55 Å². The molecule has 5 rings (SSSR count). The summed E-state index contributed by atoms with van der Waals surface area (Å²) in [6.45, 7) is 0. The number of imidazole rings is 1. The molecule has 0 radical (unpaired) electrons. The minimum absolute atomic E-state index is 0.0494. The molecule has 0 spiro atoms. The maximum atomic E-state index is 14.5. The maximum absolute atomic E-state index is 14.5. The van der Waals surface area contributed by atoms with Crippen LogP contribution in [0.3, 0.4) is 0 Å². The molecular formula is C29H26ClF2N3O3. The monoisotopic (exact) mass is 537 g/mol. The molecule has 6 nitrogen and oxygen atoms in total. The summed E-state index contributed by atoms with van der Waals surface area (Å²) in [5, 5.41) is 12.5. The Labute approximate surface area is 223 Å². The van der Waals surface area contributed by atoms with E-state index in [-0.39, 0.29) is 23.8 Å². The molecule has 1 atom stereocenters. The van der Waals surface area contributed by atoms with E-state index in [4.69, 9.17) is 16.7 Å². The number of aromatic nitrogens is 2. The molecule has 9 heteroatoms. The highest BCUT2D eigenvalue weighted by Gasteiger charge is 2.35. The van der Waals surface area contributed by atoms with Crippen molar-refractivity contribution in [3.8, 4) is 11.4 Å². The van der Waals surface area contributed by atoms with E-state index in [2.05, 4.69) is 10.3 Å². The molecule has 0 bridgehead atoms. The Morgan fingerprint density at radius 2 is 1.66 bits per heavy atom. The lowest BCUT2D eigenvalue weighted by Crippen LogP contribution is -2.33. The molecule has 3 aromatic carbocycles. The molecule has 1 aromatic heterocycles. The van der Waals surface area contributed by atoms with Gasteiger partial charge in [-0.1, -0.05) is 43.0 Å². The van der Waals surface area contributed by atoms with E-state index in [1.807, 2.05) is 0 Å². The molecule has 0 aliphatic heterocycles. The molecular weight excluding hydrogens is 512 g/mol. The van der Waals surface area contributed by atoms with Crippen molar-refractivity contribution in [2.75, 3.05) is 5.32 Å². The topological polar surface area (TPSA) is 84.2 Å². The molecule has 1 unspecified atom stereocenters. The maximum Gasteiger partial charge on any atom is 0.307 e. The van der Waals surface area contributed by atoms with Crippen molar-refractivity contribution < 1.29 is 23.5 Å². The van der Waals surface area contributed by atoms with Gasteiger partial charge in [0.15, 0.2) is 11.6 Å². The third-order valence-electron chi connectivity index (χ3n) is 7.05. The normalized spacial score (nSPS) is 14.9. The third-order valence-corrected chi connectivity index (χ3v) is 7.31. The lowest BCUT2D eigenvalue weighted by Gasteiger charge is -2.32. The zero-order valence-corrected chi connectivity index (χ0v) is 21.2. The molecule has 1 amide bonds. The second-order valence-corrected chi connectivity index (χ2v) is 10.1. The number of fused-ring (bicyclic) bond motifs is 1. The number of hydrogen-bond acceptors (Lipinski definition) is 3. The first-order chi connectivity index (χ1) is 18.3. The van der Waals surface area contributed by atoms with Crippen LogP contribution in [0.4, 0.5) is 14.5 Å². The molecule has 38 heavy (non-hydrogen) atoms. The van der Waals surface area contributed by atoms with Gasteiger partial charge in [-0.15, -0.1) is 0 Å². The number of nitrogens with one attached hydrogen (secondary N) is 1. The van der Waals surface area contributed by atoms with Crippen LogP contribution in [0.15, 0.2) is 60.7 Å². The van der Waals surface area contributed by atoms with Gasteiger partial charge in [-0.2, -0.15) is 0 Å². The minimum atomic E-state index is -1.02. The molecule has 1 saturated carbocycles. The van der Waals surface area contributed by atoms with E-state index in [0.29, 0.717) is 33.2 Å². The summed E-state index contributed by atoms with van der Waals surface area (Å²) in [6.07, 6.45) is 4.49. The Bertz CT molecular complexity index is 1480. The SMILES string of the molecule is O=C(O)Cc1ccc(NC(=O)C(C2CCCCC2)n2c(-c3ccc(Cl)cc3)nc3cc(F)c(F)cc32)cc1. The fourth-order valence-electron chi connectivity index (χ4n) is 5.26. The molecule has 0 saturated heterocycles. The van der Waals surface area contributed by atoms with E-state index in [9.17, 15) is 18.4 Å². The summed E-state index contributed by atoms with van der Waals surface area (Å²) >= 11 is 6.10. The number of nitrogens with zero attached hydrogens (tertiary/aromatic N) is 2. The first-order valence-corrected chi connectivity index (χ1v) is 12.9. The Morgan fingerprint density at radius 3 is 2.32 bits per heavy atom. The van der Waals surface area contributed by atoms with Crippen LogP contribution in [-0.4, -0.2) is 26.5 Å². The van der Waals surface area contributed by atoms with Gasteiger partial charge in [0.25, 0.3) is 0 Å². The predicted octanol–water partition coefficient (Wildman–Crippen LogP) is 7.02. The lowest BCUT2D eigenvalue weighted by atomic mass is 9.83. The van der Waals surface area contributed by atoms with Gasteiger partial charge in [0.05, 0.1) is 17.5 Å². The van der Waals surface area contributed by atoms with Crippen molar-refractivity contribution in [2.24, 2.45) is 5.92 Å². The molecule has 196 valence electrons. The van der Waals surface area contributed by atoms with Crippen molar-refractivity contribution in [3.05, 3.63) is 82.9 Å². The van der Waals surface area contributed by atoms with Gasteiger partial charge in [0.2, 0.25) is 5.91 Å². The smallest absolute Gasteiger partial charge is 0.307 e. The lowest BCUT2D eigenvalue weighted by molar-refractivity contribution is -0.136. The number of carboxylic acids is 1. The third kappa shape index (κ3) is 5.41. The van der Waals surface area contributed by atoms with Gasteiger partial charge in [-0.3, -0.25) is 9.59 Å². The first kappa shape index (κ1) is 25.9. The Balaban J connectivity index is 1.61. The van der Waals surface area contributed by atoms with Gasteiger partial charge in [0.1, 0.15) is 11.9 Å². The summed E-state index contributed by atoms with van der Waals surface area (Å²) in [7, 11) is 0. The van der Waals surface area contributed by atoms with E-state index < -0.39 is 23.6 Å². The minimum Gasteiger partial charge on any atom is -0.481 e. The summed E-state index contributed by atoms with van der Waals surface area (Å²) in [5.41, 5.74) is 2.37. The fraction of sp³-hybridized carbons (Fsp3) is 0.276. The van der Waals surface area contributed by atoms with Crippen LogP contribution in [0, 0.1) is 17.6 Å². The van der Waals surface area contributed by atoms with Gasteiger partial charge >= 0.3 is 5.97 Å². The zero-order valence-electron chi connectivity index (χ0n) is 20.5. The fourth-order valence-corrected chi connectivity index (χ4v) is 5.39. The number of halogens is 3.